The first-order chi connectivity index (χ1) is 10.3. The van der Waals surface area contributed by atoms with Crippen molar-refractivity contribution in [2.75, 3.05) is 0 Å². The molecule has 2 N–H and O–H groups in total. The fourth-order valence-corrected chi connectivity index (χ4v) is 2.19. The Morgan fingerprint density at radius 3 is 2.18 bits per heavy atom. The van der Waals surface area contributed by atoms with E-state index in [-0.39, 0.29) is 16.7 Å². The smallest absolute Gasteiger partial charge is 0.336 e. The first kappa shape index (κ1) is 15.8. The Morgan fingerprint density at radius 2 is 1.68 bits per heavy atom. The second-order valence-electron chi connectivity index (χ2n) is 6.29. The molecular formula is C19H20O3. The molecule has 0 heterocycles. The van der Waals surface area contributed by atoms with Gasteiger partial charge in [0.2, 0.25) is 0 Å². The van der Waals surface area contributed by atoms with E-state index in [0.717, 1.165) is 5.56 Å². The maximum absolute atomic E-state index is 11.5. The summed E-state index contributed by atoms with van der Waals surface area (Å²) in [6, 6.07) is 14.1. The lowest BCUT2D eigenvalue weighted by molar-refractivity contribution is -0.130. The number of phenols is 1. The van der Waals surface area contributed by atoms with Crippen molar-refractivity contribution in [1.82, 2.24) is 0 Å². The number of phenolic OH excluding ortho intramolecular Hbond substituents is 1. The number of aromatic hydroxyl groups is 1. The van der Waals surface area contributed by atoms with Gasteiger partial charge >= 0.3 is 5.97 Å². The minimum absolute atomic E-state index is 0.0488. The molecule has 3 heteroatoms. The normalized spacial score (nSPS) is 12.2. The van der Waals surface area contributed by atoms with Crippen molar-refractivity contribution in [3.05, 3.63) is 65.2 Å². The first-order valence-corrected chi connectivity index (χ1v) is 7.12. The Balaban J connectivity index is 2.41. The van der Waals surface area contributed by atoms with Crippen LogP contribution in [0.2, 0.25) is 0 Å². The van der Waals surface area contributed by atoms with Crippen LogP contribution in [0.5, 0.6) is 5.75 Å². The number of rotatable bonds is 3. The Kier molecular flexibility index (Phi) is 4.36. The molecule has 0 bridgehead atoms. The van der Waals surface area contributed by atoms with Crippen LogP contribution in [-0.4, -0.2) is 16.2 Å². The third-order valence-corrected chi connectivity index (χ3v) is 3.48. The molecule has 2 aromatic carbocycles. The minimum Gasteiger partial charge on any atom is -0.508 e. The van der Waals surface area contributed by atoms with Crippen LogP contribution >= 0.6 is 0 Å². The highest BCUT2D eigenvalue weighted by Gasteiger charge is 2.14. The lowest BCUT2D eigenvalue weighted by atomic mass is 9.86. The number of hydrogen-bond acceptors (Lipinski definition) is 2. The largest absolute Gasteiger partial charge is 0.508 e. The van der Waals surface area contributed by atoms with Crippen LogP contribution in [0, 0.1) is 0 Å². The van der Waals surface area contributed by atoms with Gasteiger partial charge in [0, 0.05) is 0 Å². The molecule has 114 valence electrons. The monoisotopic (exact) mass is 296 g/mol. The van der Waals surface area contributed by atoms with Gasteiger partial charge in [0.05, 0.1) is 5.57 Å². The van der Waals surface area contributed by atoms with Gasteiger partial charge in [0.25, 0.3) is 0 Å². The minimum atomic E-state index is -1.02. The summed E-state index contributed by atoms with van der Waals surface area (Å²) in [6.45, 7) is 6.40. The van der Waals surface area contributed by atoms with Crippen molar-refractivity contribution in [2.24, 2.45) is 0 Å². The number of hydrogen-bond donors (Lipinski definition) is 2. The molecule has 0 aromatic heterocycles. The Labute approximate surface area is 130 Å². The van der Waals surface area contributed by atoms with E-state index in [2.05, 4.69) is 20.8 Å². The molecule has 3 nitrogen and oxygen atoms in total. The van der Waals surface area contributed by atoms with Gasteiger partial charge in [-0.25, -0.2) is 4.79 Å². The molecule has 0 aliphatic carbocycles. The van der Waals surface area contributed by atoms with Gasteiger partial charge in [-0.1, -0.05) is 57.2 Å². The van der Waals surface area contributed by atoms with Gasteiger partial charge in [-0.05, 0) is 40.3 Å². The Bertz CT molecular complexity index is 704. The zero-order valence-corrected chi connectivity index (χ0v) is 13.0. The lowest BCUT2D eigenvalue weighted by Gasteiger charge is -2.18. The molecule has 0 saturated carbocycles. The highest BCUT2D eigenvalue weighted by Crippen LogP contribution is 2.25. The highest BCUT2D eigenvalue weighted by molar-refractivity contribution is 6.20. The maximum atomic E-state index is 11.5. The molecule has 0 fully saturated rings. The third kappa shape index (κ3) is 3.76. The molecule has 22 heavy (non-hydrogen) atoms. The van der Waals surface area contributed by atoms with Gasteiger partial charge < -0.3 is 10.2 Å². The molecule has 0 unspecified atom stereocenters. The van der Waals surface area contributed by atoms with E-state index < -0.39 is 5.97 Å². The molecule has 0 saturated heterocycles. The van der Waals surface area contributed by atoms with Crippen LogP contribution < -0.4 is 0 Å². The van der Waals surface area contributed by atoms with Crippen LogP contribution in [0.4, 0.5) is 0 Å². The summed E-state index contributed by atoms with van der Waals surface area (Å²) in [6.07, 6.45) is 1.61. The fraction of sp³-hybridized carbons (Fsp3) is 0.211. The van der Waals surface area contributed by atoms with Crippen molar-refractivity contribution < 1.29 is 15.0 Å². The van der Waals surface area contributed by atoms with Crippen LogP contribution in [0.3, 0.4) is 0 Å². The van der Waals surface area contributed by atoms with E-state index in [1.54, 1.807) is 18.2 Å². The number of carbonyl (C=O) groups is 1. The summed E-state index contributed by atoms with van der Waals surface area (Å²) in [5.41, 5.74) is 2.70. The van der Waals surface area contributed by atoms with Crippen LogP contribution in [0.25, 0.3) is 11.6 Å². The summed E-state index contributed by atoms with van der Waals surface area (Å²) in [4.78, 5) is 11.5. The van der Waals surface area contributed by atoms with E-state index in [1.807, 2.05) is 24.3 Å². The summed E-state index contributed by atoms with van der Waals surface area (Å²) in [5, 5.41) is 18.9. The van der Waals surface area contributed by atoms with Crippen molar-refractivity contribution >= 4 is 17.6 Å². The summed E-state index contributed by atoms with van der Waals surface area (Å²) in [7, 11) is 0. The predicted molar refractivity (Wildman–Crippen MR) is 88.8 cm³/mol. The van der Waals surface area contributed by atoms with E-state index in [9.17, 15) is 15.0 Å². The molecule has 0 spiro atoms. The standard InChI is InChI=1S/C19H20O3/c1-19(2,3)15-9-7-13(8-10-15)11-17(18(21)22)14-5-4-6-16(20)12-14/h4-12,20H,1-3H3,(H,21,22)/b17-11-. The topological polar surface area (TPSA) is 57.5 Å². The van der Waals surface area contributed by atoms with E-state index in [0.29, 0.717) is 5.56 Å². The molecule has 0 aliphatic heterocycles. The van der Waals surface area contributed by atoms with E-state index in [4.69, 9.17) is 0 Å². The summed E-state index contributed by atoms with van der Waals surface area (Å²) in [5.74, 6) is -0.974. The van der Waals surface area contributed by atoms with E-state index >= 15 is 0 Å². The zero-order chi connectivity index (χ0) is 16.3. The predicted octanol–water partition coefficient (Wildman–Crippen LogP) is 4.31. The maximum Gasteiger partial charge on any atom is 0.336 e. The average Bonchev–Trinajstić information content (AvgIpc) is 2.44. The first-order valence-electron chi connectivity index (χ1n) is 7.12. The molecule has 0 amide bonds. The van der Waals surface area contributed by atoms with Gasteiger partial charge in [0.15, 0.2) is 0 Å². The molecule has 2 aromatic rings. The van der Waals surface area contributed by atoms with Crippen molar-refractivity contribution in [1.29, 1.82) is 0 Å². The molecule has 0 radical (unpaired) electrons. The fourth-order valence-electron chi connectivity index (χ4n) is 2.19. The average molecular weight is 296 g/mol. The quantitative estimate of drug-likeness (QED) is 0.655. The molecule has 0 aliphatic rings. The van der Waals surface area contributed by atoms with Crippen LogP contribution in [0.15, 0.2) is 48.5 Å². The number of carboxylic acids is 1. The van der Waals surface area contributed by atoms with Crippen LogP contribution in [0.1, 0.15) is 37.5 Å². The van der Waals surface area contributed by atoms with E-state index in [1.165, 1.54) is 17.7 Å². The highest BCUT2D eigenvalue weighted by atomic mass is 16.4. The van der Waals surface area contributed by atoms with Crippen molar-refractivity contribution in [2.45, 2.75) is 26.2 Å². The molecule has 2 rings (SSSR count). The van der Waals surface area contributed by atoms with Crippen LogP contribution in [-0.2, 0) is 10.2 Å². The van der Waals surface area contributed by atoms with Crippen molar-refractivity contribution in [3.8, 4) is 5.75 Å². The Morgan fingerprint density at radius 1 is 1.05 bits per heavy atom. The third-order valence-electron chi connectivity index (χ3n) is 3.48. The van der Waals surface area contributed by atoms with Gasteiger partial charge in [0.1, 0.15) is 5.75 Å². The van der Waals surface area contributed by atoms with Gasteiger partial charge in [-0.2, -0.15) is 0 Å². The number of benzene rings is 2. The van der Waals surface area contributed by atoms with Gasteiger partial charge in [-0.15, -0.1) is 0 Å². The lowest BCUT2D eigenvalue weighted by Crippen LogP contribution is -2.10. The second kappa shape index (κ2) is 6.06. The Hall–Kier alpha value is -2.55. The summed E-state index contributed by atoms with van der Waals surface area (Å²) < 4.78 is 0. The second-order valence-corrected chi connectivity index (χ2v) is 6.29. The van der Waals surface area contributed by atoms with Crippen molar-refractivity contribution in [3.63, 3.8) is 0 Å². The number of carboxylic acid groups (broad SMARTS) is 1. The summed E-state index contributed by atoms with van der Waals surface area (Å²) >= 11 is 0. The number of aliphatic carboxylic acids is 1. The zero-order valence-electron chi connectivity index (χ0n) is 13.0. The SMILES string of the molecule is CC(C)(C)c1ccc(/C=C(\C(=O)O)c2cccc(O)c2)cc1. The van der Waals surface area contributed by atoms with Gasteiger partial charge in [-0.3, -0.25) is 0 Å². The molecule has 0 atom stereocenters. The molecular weight excluding hydrogens is 276 g/mol.